The summed E-state index contributed by atoms with van der Waals surface area (Å²) in [6.07, 6.45) is 3.51. The number of nitrogens with one attached hydrogen (secondary N) is 2. The van der Waals surface area contributed by atoms with Gasteiger partial charge in [-0.2, -0.15) is 0 Å². The van der Waals surface area contributed by atoms with E-state index in [1.807, 2.05) is 75.4 Å². The highest BCUT2D eigenvalue weighted by atomic mass is 16.7. The lowest BCUT2D eigenvalue weighted by atomic mass is 9.89. The molecule has 0 aliphatic carbocycles. The fraction of sp³-hybridized carbons (Fsp3) is 0.512. The topological polar surface area (TPSA) is 126 Å². The van der Waals surface area contributed by atoms with Crippen molar-refractivity contribution in [3.63, 3.8) is 0 Å². The normalized spacial score (nSPS) is 22.0. The number of unbranched alkanes of at least 4 members (excludes halogenated alkanes) is 2. The lowest BCUT2D eigenvalue weighted by molar-refractivity contribution is -0.276. The number of amides is 2. The molecule has 0 radical (unpaired) electrons. The molecule has 53 heavy (non-hydrogen) atoms. The summed E-state index contributed by atoms with van der Waals surface area (Å²) in [4.78, 5) is 39.0. The van der Waals surface area contributed by atoms with Crippen LogP contribution in [0, 0.1) is 5.92 Å². The Balaban J connectivity index is 1.28. The van der Waals surface area contributed by atoms with Crippen LogP contribution in [0.15, 0.2) is 72.8 Å². The maximum atomic E-state index is 13.2. The summed E-state index contributed by atoms with van der Waals surface area (Å²) < 4.78 is 19.3. The first kappa shape index (κ1) is 40.1. The summed E-state index contributed by atoms with van der Waals surface area (Å²) in [7, 11) is 0. The highest BCUT2D eigenvalue weighted by Gasteiger charge is 2.42. The third kappa shape index (κ3) is 11.5. The number of ether oxygens (including phenoxy) is 3. The standard InChI is InChI=1S/C43H57N3O7/c1-29-38(27-46-25-11-14-37(46)41(50)53-43(3,4)5)51-42(52-40(29)33-18-16-31(28-47)17-19-33)34-22-20-32(21-23-34)36-13-9-8-12-35(36)26-45-39(49)15-7-6-10-24-44-30(2)48/h8-9,12-13,16-23,29,37-38,40,42,47H,6-7,10-11,14-15,24-28H2,1-5H3,(H,44,48)(H,45,49)/t29-,37+,38+,40+,42+/m1/s1. The van der Waals surface area contributed by atoms with Gasteiger partial charge in [-0.15, -0.1) is 0 Å². The Morgan fingerprint density at radius 3 is 2.32 bits per heavy atom. The van der Waals surface area contributed by atoms with E-state index < -0.39 is 11.9 Å². The zero-order valence-electron chi connectivity index (χ0n) is 31.9. The second-order valence-electron chi connectivity index (χ2n) is 15.4. The zero-order valence-corrected chi connectivity index (χ0v) is 31.9. The van der Waals surface area contributed by atoms with Crippen molar-refractivity contribution in [3.05, 3.63) is 95.1 Å². The minimum absolute atomic E-state index is 0.0111. The van der Waals surface area contributed by atoms with Crippen molar-refractivity contribution in [2.24, 2.45) is 5.92 Å². The third-order valence-electron chi connectivity index (χ3n) is 10.0. The molecule has 2 heterocycles. The van der Waals surface area contributed by atoms with Gasteiger partial charge in [-0.1, -0.05) is 86.1 Å². The van der Waals surface area contributed by atoms with E-state index in [-0.39, 0.29) is 48.6 Å². The van der Waals surface area contributed by atoms with Crippen LogP contribution in [0.2, 0.25) is 0 Å². The average Bonchev–Trinajstić information content (AvgIpc) is 3.61. The van der Waals surface area contributed by atoms with Gasteiger partial charge in [-0.3, -0.25) is 19.3 Å². The number of benzene rings is 3. The molecule has 0 spiro atoms. The second kappa shape index (κ2) is 18.8. The number of aliphatic hydroxyl groups excluding tert-OH is 1. The molecule has 2 aliphatic rings. The van der Waals surface area contributed by atoms with Gasteiger partial charge in [0.05, 0.1) is 18.8 Å². The Morgan fingerprint density at radius 1 is 0.906 bits per heavy atom. The number of hydrogen-bond acceptors (Lipinski definition) is 8. The van der Waals surface area contributed by atoms with Crippen LogP contribution >= 0.6 is 0 Å². The van der Waals surface area contributed by atoms with Crippen molar-refractivity contribution in [2.75, 3.05) is 19.6 Å². The number of carbonyl (C=O) groups is 3. The number of hydrogen-bond donors (Lipinski definition) is 3. The molecule has 2 amide bonds. The molecule has 286 valence electrons. The molecule has 2 fully saturated rings. The molecule has 0 aromatic heterocycles. The molecular weight excluding hydrogens is 670 g/mol. The van der Waals surface area contributed by atoms with Crippen molar-refractivity contribution in [2.45, 2.75) is 116 Å². The van der Waals surface area contributed by atoms with Gasteiger partial charge >= 0.3 is 5.97 Å². The number of esters is 1. The summed E-state index contributed by atoms with van der Waals surface area (Å²) in [5.41, 5.74) is 5.26. The van der Waals surface area contributed by atoms with E-state index in [1.54, 1.807) is 0 Å². The molecule has 2 aliphatic heterocycles. The summed E-state index contributed by atoms with van der Waals surface area (Å²) in [6.45, 7) is 11.7. The van der Waals surface area contributed by atoms with Crippen LogP contribution in [0.25, 0.3) is 11.1 Å². The number of aliphatic hydroxyl groups is 1. The SMILES string of the molecule is CC(=O)NCCCCCC(=O)NCc1ccccc1-c1ccc([C@H]2O[C@@H](CN3CCC[C@H]3C(=O)OC(C)(C)C)[C@@H](C)[C@@H](c3ccc(CO)cc3)O2)cc1. The Bertz CT molecular complexity index is 1650. The van der Waals surface area contributed by atoms with E-state index in [1.165, 1.54) is 6.92 Å². The highest BCUT2D eigenvalue weighted by molar-refractivity contribution is 5.77. The smallest absolute Gasteiger partial charge is 0.323 e. The van der Waals surface area contributed by atoms with Crippen LogP contribution in [0.4, 0.5) is 0 Å². The summed E-state index contributed by atoms with van der Waals surface area (Å²) in [6, 6.07) is 23.8. The van der Waals surface area contributed by atoms with E-state index in [4.69, 9.17) is 14.2 Å². The minimum Gasteiger partial charge on any atom is -0.459 e. The Hall–Kier alpha value is -4.09. The van der Waals surface area contributed by atoms with Gasteiger partial charge in [0.1, 0.15) is 11.6 Å². The third-order valence-corrected chi connectivity index (χ3v) is 10.0. The van der Waals surface area contributed by atoms with Crippen molar-refractivity contribution in [1.29, 1.82) is 0 Å². The van der Waals surface area contributed by atoms with Crippen molar-refractivity contribution in [1.82, 2.24) is 15.5 Å². The molecule has 2 saturated heterocycles. The van der Waals surface area contributed by atoms with Crippen LogP contribution in [-0.2, 0) is 41.7 Å². The number of rotatable bonds is 15. The molecule has 5 rings (SSSR count). The first-order chi connectivity index (χ1) is 25.4. The fourth-order valence-electron chi connectivity index (χ4n) is 7.15. The Kier molecular flexibility index (Phi) is 14.2. The number of carbonyl (C=O) groups excluding carboxylic acids is 3. The fourth-order valence-corrected chi connectivity index (χ4v) is 7.15. The monoisotopic (exact) mass is 727 g/mol. The highest BCUT2D eigenvalue weighted by Crippen LogP contribution is 2.43. The van der Waals surface area contributed by atoms with E-state index in [9.17, 15) is 19.5 Å². The summed E-state index contributed by atoms with van der Waals surface area (Å²) >= 11 is 0. The number of likely N-dealkylation sites (tertiary alicyclic amines) is 1. The molecule has 3 aromatic rings. The molecule has 10 nitrogen and oxygen atoms in total. The van der Waals surface area contributed by atoms with Gasteiger partial charge in [0.2, 0.25) is 11.8 Å². The molecule has 0 unspecified atom stereocenters. The lowest BCUT2D eigenvalue weighted by Crippen LogP contribution is -2.48. The average molecular weight is 728 g/mol. The Morgan fingerprint density at radius 2 is 1.62 bits per heavy atom. The number of nitrogens with zero attached hydrogens (tertiary/aromatic N) is 1. The molecule has 10 heteroatoms. The van der Waals surface area contributed by atoms with Gasteiger partial charge in [0.15, 0.2) is 6.29 Å². The van der Waals surface area contributed by atoms with E-state index >= 15 is 0 Å². The molecule has 3 N–H and O–H groups in total. The van der Waals surface area contributed by atoms with Crippen molar-refractivity contribution >= 4 is 17.8 Å². The van der Waals surface area contributed by atoms with Crippen LogP contribution in [0.3, 0.4) is 0 Å². The van der Waals surface area contributed by atoms with Crippen molar-refractivity contribution < 1.29 is 33.7 Å². The van der Waals surface area contributed by atoms with E-state index in [0.717, 1.165) is 72.0 Å². The largest absolute Gasteiger partial charge is 0.459 e. The summed E-state index contributed by atoms with van der Waals surface area (Å²) in [5.74, 6) is -0.226. The van der Waals surface area contributed by atoms with Crippen LogP contribution < -0.4 is 10.6 Å². The minimum atomic E-state index is -0.636. The molecule has 0 bridgehead atoms. The van der Waals surface area contributed by atoms with Gasteiger partial charge in [-0.05, 0) is 80.8 Å². The van der Waals surface area contributed by atoms with E-state index in [2.05, 4.69) is 40.7 Å². The van der Waals surface area contributed by atoms with E-state index in [0.29, 0.717) is 26.1 Å². The van der Waals surface area contributed by atoms with Gasteiger partial charge in [0.25, 0.3) is 0 Å². The van der Waals surface area contributed by atoms with Crippen LogP contribution in [-0.4, -0.2) is 65.2 Å². The molecule has 3 aromatic carbocycles. The first-order valence-electron chi connectivity index (χ1n) is 19.1. The molecular formula is C43H57N3O7. The maximum Gasteiger partial charge on any atom is 0.323 e. The predicted molar refractivity (Wildman–Crippen MR) is 204 cm³/mol. The predicted octanol–water partition coefficient (Wildman–Crippen LogP) is 6.76. The van der Waals surface area contributed by atoms with Crippen LogP contribution in [0.5, 0.6) is 0 Å². The van der Waals surface area contributed by atoms with Gasteiger partial charge in [0, 0.05) is 44.5 Å². The summed E-state index contributed by atoms with van der Waals surface area (Å²) in [5, 5.41) is 15.5. The Labute approximate surface area is 314 Å². The van der Waals surface area contributed by atoms with Gasteiger partial charge in [-0.25, -0.2) is 0 Å². The lowest BCUT2D eigenvalue weighted by Gasteiger charge is -2.43. The van der Waals surface area contributed by atoms with Crippen molar-refractivity contribution in [3.8, 4) is 11.1 Å². The second-order valence-corrected chi connectivity index (χ2v) is 15.4. The maximum absolute atomic E-state index is 13.2. The van der Waals surface area contributed by atoms with Crippen LogP contribution in [0.1, 0.15) is 108 Å². The molecule has 0 saturated carbocycles. The first-order valence-corrected chi connectivity index (χ1v) is 19.1. The van der Waals surface area contributed by atoms with Gasteiger partial charge < -0.3 is 30.0 Å². The molecule has 5 atom stereocenters. The zero-order chi connectivity index (χ0) is 38.0. The quantitative estimate of drug-likeness (QED) is 0.116.